The molecule has 1 N–H and O–H groups in total. The number of hydrogen-bond donors (Lipinski definition) is 1. The Kier molecular flexibility index (Phi) is 4.71. The number of nitrogens with one attached hydrogen (secondary N) is 1. The minimum absolute atomic E-state index is 0.0452. The van der Waals surface area contributed by atoms with Crippen molar-refractivity contribution in [2.24, 2.45) is 0 Å². The van der Waals surface area contributed by atoms with Crippen molar-refractivity contribution in [3.05, 3.63) is 34.9 Å². The molecule has 1 fully saturated rings. The highest BCUT2D eigenvalue weighted by Gasteiger charge is 2.22. The predicted molar refractivity (Wildman–Crippen MR) is 89.6 cm³/mol. The van der Waals surface area contributed by atoms with Crippen LogP contribution in [0.2, 0.25) is 0 Å². The van der Waals surface area contributed by atoms with Gasteiger partial charge in [0.2, 0.25) is 0 Å². The lowest BCUT2D eigenvalue weighted by Crippen LogP contribution is -2.51. The summed E-state index contributed by atoms with van der Waals surface area (Å²) in [7, 11) is 0. The minimum Gasteiger partial charge on any atom is -0.345 e. The van der Waals surface area contributed by atoms with Crippen LogP contribution in [0, 0.1) is 13.8 Å². The number of hydrogen-bond acceptors (Lipinski definition) is 6. The Morgan fingerprint density at radius 1 is 1.26 bits per heavy atom. The number of rotatable bonds is 3. The molecule has 0 aliphatic carbocycles. The van der Waals surface area contributed by atoms with Crippen molar-refractivity contribution in [1.82, 2.24) is 25.2 Å². The second kappa shape index (κ2) is 6.91. The number of carbonyl (C=O) groups is 1. The summed E-state index contributed by atoms with van der Waals surface area (Å²) in [5.74, 6) is 0.712. The van der Waals surface area contributed by atoms with Crippen molar-refractivity contribution < 1.29 is 4.79 Å². The molecule has 1 aliphatic rings. The first-order valence-corrected chi connectivity index (χ1v) is 8.48. The van der Waals surface area contributed by atoms with Gasteiger partial charge < -0.3 is 15.1 Å². The van der Waals surface area contributed by atoms with Crippen LogP contribution in [0.15, 0.2) is 17.6 Å². The monoisotopic (exact) mass is 332 g/mol. The van der Waals surface area contributed by atoms with E-state index in [-0.39, 0.29) is 6.03 Å². The van der Waals surface area contributed by atoms with Crippen LogP contribution in [0.1, 0.15) is 17.2 Å². The maximum atomic E-state index is 12.2. The second-order valence-electron chi connectivity index (χ2n) is 5.50. The third kappa shape index (κ3) is 3.95. The van der Waals surface area contributed by atoms with E-state index in [1.54, 1.807) is 17.5 Å². The van der Waals surface area contributed by atoms with E-state index in [1.165, 1.54) is 0 Å². The molecule has 0 bridgehead atoms. The molecule has 0 unspecified atom stereocenters. The Morgan fingerprint density at radius 2 is 2.04 bits per heavy atom. The molecule has 2 aromatic heterocycles. The zero-order valence-corrected chi connectivity index (χ0v) is 14.1. The molecule has 2 amide bonds. The van der Waals surface area contributed by atoms with Crippen LogP contribution in [-0.2, 0) is 6.54 Å². The molecule has 1 aliphatic heterocycles. The van der Waals surface area contributed by atoms with Crippen molar-refractivity contribution in [2.45, 2.75) is 20.4 Å². The number of carbonyl (C=O) groups excluding carboxylic acids is 1. The van der Waals surface area contributed by atoms with Gasteiger partial charge in [-0.15, -0.1) is 11.3 Å². The third-order valence-electron chi connectivity index (χ3n) is 3.70. The number of aryl methyl sites for hydroxylation is 2. The summed E-state index contributed by atoms with van der Waals surface area (Å²) >= 11 is 1.66. The molecule has 0 saturated carbocycles. The standard InChI is InChI=1S/C15H20N6OS/c1-11-10-23-15(18-11)21-7-5-20(6-8-21)14(22)17-9-13-3-4-16-12(2)19-13/h3-4,10H,5-9H2,1-2H3,(H,17,22). The number of urea groups is 1. The van der Waals surface area contributed by atoms with E-state index >= 15 is 0 Å². The number of anilines is 1. The molecule has 122 valence electrons. The first-order valence-electron chi connectivity index (χ1n) is 7.60. The number of thiazole rings is 1. The molecule has 1 saturated heterocycles. The van der Waals surface area contributed by atoms with Gasteiger partial charge in [0, 0.05) is 37.8 Å². The molecule has 7 nitrogen and oxygen atoms in total. The molecule has 23 heavy (non-hydrogen) atoms. The van der Waals surface area contributed by atoms with Gasteiger partial charge in [-0.1, -0.05) is 0 Å². The number of piperazine rings is 1. The van der Waals surface area contributed by atoms with Crippen LogP contribution < -0.4 is 10.2 Å². The van der Waals surface area contributed by atoms with Gasteiger partial charge in [0.1, 0.15) is 5.82 Å². The van der Waals surface area contributed by atoms with Crippen molar-refractivity contribution in [2.75, 3.05) is 31.1 Å². The van der Waals surface area contributed by atoms with E-state index in [0.717, 1.165) is 29.6 Å². The predicted octanol–water partition coefficient (Wildman–Crippen LogP) is 1.58. The number of nitrogens with zero attached hydrogens (tertiary/aromatic N) is 5. The topological polar surface area (TPSA) is 74.2 Å². The van der Waals surface area contributed by atoms with E-state index in [4.69, 9.17) is 0 Å². The maximum Gasteiger partial charge on any atom is 0.317 e. The SMILES string of the molecule is Cc1csc(N2CCN(C(=O)NCc3ccnc(C)n3)CC2)n1. The fraction of sp³-hybridized carbons (Fsp3) is 0.467. The summed E-state index contributed by atoms with van der Waals surface area (Å²) in [5, 5.41) is 6.01. The summed E-state index contributed by atoms with van der Waals surface area (Å²) in [6.07, 6.45) is 1.71. The fourth-order valence-corrected chi connectivity index (χ4v) is 3.33. The lowest BCUT2D eigenvalue weighted by Gasteiger charge is -2.34. The Morgan fingerprint density at radius 3 is 2.70 bits per heavy atom. The van der Waals surface area contributed by atoms with Crippen LogP contribution in [0.25, 0.3) is 0 Å². The molecule has 0 atom stereocenters. The second-order valence-corrected chi connectivity index (χ2v) is 6.34. The smallest absolute Gasteiger partial charge is 0.317 e. The van der Waals surface area contributed by atoms with E-state index in [2.05, 4.69) is 30.5 Å². The Hall–Kier alpha value is -2.22. The normalized spacial score (nSPS) is 14.9. The van der Waals surface area contributed by atoms with Crippen molar-refractivity contribution in [1.29, 1.82) is 0 Å². The summed E-state index contributed by atoms with van der Waals surface area (Å²) in [4.78, 5) is 29.1. The summed E-state index contributed by atoms with van der Waals surface area (Å²) in [6.45, 7) is 7.29. The Labute approximate surface area is 139 Å². The van der Waals surface area contributed by atoms with Gasteiger partial charge in [-0.2, -0.15) is 0 Å². The van der Waals surface area contributed by atoms with Crippen LogP contribution in [0.5, 0.6) is 0 Å². The maximum absolute atomic E-state index is 12.2. The lowest BCUT2D eigenvalue weighted by atomic mass is 10.3. The van der Waals surface area contributed by atoms with E-state index in [0.29, 0.717) is 25.5 Å². The molecule has 8 heteroatoms. The average Bonchev–Trinajstić information content (AvgIpc) is 2.99. The van der Waals surface area contributed by atoms with Gasteiger partial charge in [-0.3, -0.25) is 0 Å². The van der Waals surface area contributed by atoms with Gasteiger partial charge in [-0.05, 0) is 19.9 Å². The number of aromatic nitrogens is 3. The highest BCUT2D eigenvalue weighted by molar-refractivity contribution is 7.13. The molecular weight excluding hydrogens is 312 g/mol. The third-order valence-corrected chi connectivity index (χ3v) is 4.72. The largest absolute Gasteiger partial charge is 0.345 e. The van der Waals surface area contributed by atoms with Gasteiger partial charge >= 0.3 is 6.03 Å². The van der Waals surface area contributed by atoms with Crippen molar-refractivity contribution in [3.8, 4) is 0 Å². The van der Waals surface area contributed by atoms with E-state index in [1.807, 2.05) is 24.8 Å². The van der Waals surface area contributed by atoms with Crippen molar-refractivity contribution in [3.63, 3.8) is 0 Å². The zero-order valence-electron chi connectivity index (χ0n) is 13.3. The van der Waals surface area contributed by atoms with Crippen LogP contribution in [0.4, 0.5) is 9.93 Å². The van der Waals surface area contributed by atoms with Crippen LogP contribution in [-0.4, -0.2) is 52.1 Å². The van der Waals surface area contributed by atoms with Crippen LogP contribution in [0.3, 0.4) is 0 Å². The molecule has 3 heterocycles. The molecule has 2 aromatic rings. The lowest BCUT2D eigenvalue weighted by molar-refractivity contribution is 0.193. The first kappa shape index (κ1) is 15.7. The average molecular weight is 332 g/mol. The summed E-state index contributed by atoms with van der Waals surface area (Å²) < 4.78 is 0. The summed E-state index contributed by atoms with van der Waals surface area (Å²) in [5.41, 5.74) is 1.87. The van der Waals surface area contributed by atoms with Gasteiger partial charge in [-0.25, -0.2) is 19.7 Å². The summed E-state index contributed by atoms with van der Waals surface area (Å²) in [6, 6.07) is 1.77. The zero-order chi connectivity index (χ0) is 16.2. The molecular formula is C15H20N6OS. The Balaban J connectivity index is 1.48. The molecule has 0 aromatic carbocycles. The van der Waals surface area contributed by atoms with Crippen molar-refractivity contribution >= 4 is 22.5 Å². The fourth-order valence-electron chi connectivity index (χ4n) is 2.47. The molecule has 0 spiro atoms. The van der Waals surface area contributed by atoms with Gasteiger partial charge in [0.05, 0.1) is 17.9 Å². The number of amides is 2. The van der Waals surface area contributed by atoms with E-state index in [9.17, 15) is 4.79 Å². The minimum atomic E-state index is -0.0452. The highest BCUT2D eigenvalue weighted by Crippen LogP contribution is 2.21. The Bertz CT molecular complexity index is 680. The van der Waals surface area contributed by atoms with E-state index < -0.39 is 0 Å². The first-order chi connectivity index (χ1) is 11.1. The molecule has 0 radical (unpaired) electrons. The van der Waals surface area contributed by atoms with Gasteiger partial charge in [0.15, 0.2) is 5.13 Å². The highest BCUT2D eigenvalue weighted by atomic mass is 32.1. The van der Waals surface area contributed by atoms with Gasteiger partial charge in [0.25, 0.3) is 0 Å². The quantitative estimate of drug-likeness (QED) is 0.924. The van der Waals surface area contributed by atoms with Crippen LogP contribution >= 0.6 is 11.3 Å². The molecule has 3 rings (SSSR count).